The number of nitrogens with two attached hydrogens (primary N) is 1. The molecule has 1 amide bonds. The number of rotatable bonds is 1. The lowest BCUT2D eigenvalue weighted by Crippen LogP contribution is -2.62. The van der Waals surface area contributed by atoms with Crippen molar-refractivity contribution in [3.8, 4) is 0 Å². The molecule has 3 N–H and O–H groups in total. The first-order valence-corrected chi connectivity index (χ1v) is 6.64. The number of fused-ring (bicyclic) bond motifs is 2. The van der Waals surface area contributed by atoms with E-state index in [-0.39, 0.29) is 24.5 Å². The van der Waals surface area contributed by atoms with Crippen LogP contribution >= 0.6 is 0 Å². The molecule has 104 valence electrons. The molecule has 2 atom stereocenters. The predicted octanol–water partition coefficient (Wildman–Crippen LogP) is 0.953. The fraction of sp³-hybridized carbons (Fsp3) is 0.923. The topological polar surface area (TPSA) is 75.8 Å². The van der Waals surface area contributed by atoms with Crippen molar-refractivity contribution in [1.29, 1.82) is 0 Å². The van der Waals surface area contributed by atoms with Crippen molar-refractivity contribution in [2.24, 2.45) is 17.6 Å². The van der Waals surface area contributed by atoms with Gasteiger partial charge >= 0.3 is 6.09 Å². The van der Waals surface area contributed by atoms with Gasteiger partial charge in [0.15, 0.2) is 0 Å². The Bertz CT molecular complexity index is 324. The van der Waals surface area contributed by atoms with Crippen molar-refractivity contribution < 1.29 is 14.6 Å². The van der Waals surface area contributed by atoms with E-state index in [0.717, 1.165) is 12.8 Å². The number of aliphatic hydroxyl groups excluding tert-OH is 1. The molecule has 1 heterocycles. The van der Waals surface area contributed by atoms with Gasteiger partial charge in [-0.1, -0.05) is 0 Å². The second-order valence-corrected chi connectivity index (χ2v) is 6.63. The molecule has 18 heavy (non-hydrogen) atoms. The van der Waals surface area contributed by atoms with Crippen LogP contribution in [-0.2, 0) is 4.74 Å². The lowest BCUT2D eigenvalue weighted by atomic mass is 9.78. The SMILES string of the molecule is CC(C)(C)OC(=O)N1CC2CCC(C1)C2(N)CO. The van der Waals surface area contributed by atoms with E-state index in [1.54, 1.807) is 4.90 Å². The van der Waals surface area contributed by atoms with Crippen molar-refractivity contribution in [2.45, 2.75) is 44.8 Å². The van der Waals surface area contributed by atoms with Crippen LogP contribution in [0.15, 0.2) is 0 Å². The average molecular weight is 256 g/mol. The smallest absolute Gasteiger partial charge is 0.410 e. The van der Waals surface area contributed by atoms with Gasteiger partial charge in [-0.2, -0.15) is 0 Å². The third-order valence-corrected chi connectivity index (χ3v) is 4.19. The maximum Gasteiger partial charge on any atom is 0.410 e. The largest absolute Gasteiger partial charge is 0.444 e. The van der Waals surface area contributed by atoms with E-state index in [9.17, 15) is 9.90 Å². The van der Waals surface area contributed by atoms with Gasteiger partial charge in [-0.05, 0) is 45.4 Å². The third-order valence-electron chi connectivity index (χ3n) is 4.19. The number of nitrogens with zero attached hydrogens (tertiary/aromatic N) is 1. The summed E-state index contributed by atoms with van der Waals surface area (Å²) in [6.45, 7) is 6.80. The van der Waals surface area contributed by atoms with Gasteiger partial charge in [0.2, 0.25) is 0 Å². The van der Waals surface area contributed by atoms with E-state index < -0.39 is 11.1 Å². The third kappa shape index (κ3) is 2.34. The molecule has 0 aromatic heterocycles. The molecule has 2 bridgehead atoms. The lowest BCUT2D eigenvalue weighted by Gasteiger charge is -2.44. The molecule has 1 aliphatic heterocycles. The van der Waals surface area contributed by atoms with E-state index >= 15 is 0 Å². The molecule has 2 unspecified atom stereocenters. The molecule has 5 heteroatoms. The summed E-state index contributed by atoms with van der Waals surface area (Å²) in [5, 5.41) is 9.48. The Hall–Kier alpha value is -0.810. The quantitative estimate of drug-likeness (QED) is 0.732. The first-order valence-electron chi connectivity index (χ1n) is 6.64. The van der Waals surface area contributed by atoms with Gasteiger partial charge in [0, 0.05) is 18.6 Å². The summed E-state index contributed by atoms with van der Waals surface area (Å²) < 4.78 is 5.39. The van der Waals surface area contributed by atoms with Crippen LogP contribution in [0.2, 0.25) is 0 Å². The number of likely N-dealkylation sites (tertiary alicyclic amines) is 1. The second-order valence-electron chi connectivity index (χ2n) is 6.63. The standard InChI is InChI=1S/C13H24N2O3/c1-12(2,3)18-11(17)15-6-9-4-5-10(7-15)13(9,14)8-16/h9-10,16H,4-8,14H2,1-3H3. The summed E-state index contributed by atoms with van der Waals surface area (Å²) in [4.78, 5) is 13.8. The molecule has 1 saturated carbocycles. The summed E-state index contributed by atoms with van der Waals surface area (Å²) in [6.07, 6.45) is 1.71. The van der Waals surface area contributed by atoms with Crippen LogP contribution in [0.25, 0.3) is 0 Å². The van der Waals surface area contributed by atoms with Gasteiger partial charge in [0.25, 0.3) is 0 Å². The van der Waals surface area contributed by atoms with E-state index in [1.807, 2.05) is 20.8 Å². The molecule has 2 rings (SSSR count). The Balaban J connectivity index is 2.03. The molecule has 1 aliphatic carbocycles. The fourth-order valence-electron chi connectivity index (χ4n) is 3.14. The van der Waals surface area contributed by atoms with Crippen molar-refractivity contribution in [1.82, 2.24) is 4.90 Å². The Labute approximate surface area is 108 Å². The first kappa shape index (κ1) is 13.6. The maximum absolute atomic E-state index is 12.0. The highest BCUT2D eigenvalue weighted by molar-refractivity contribution is 5.68. The molecular formula is C13H24N2O3. The van der Waals surface area contributed by atoms with Gasteiger partial charge in [-0.25, -0.2) is 4.79 Å². The summed E-state index contributed by atoms with van der Waals surface area (Å²) in [5.74, 6) is 0.377. The zero-order valence-corrected chi connectivity index (χ0v) is 11.5. The summed E-state index contributed by atoms with van der Waals surface area (Å²) in [5.41, 5.74) is 5.30. The van der Waals surface area contributed by atoms with Crippen molar-refractivity contribution in [3.05, 3.63) is 0 Å². The Morgan fingerprint density at radius 1 is 1.39 bits per heavy atom. The molecule has 2 aliphatic rings. The fourth-order valence-corrected chi connectivity index (χ4v) is 3.14. The zero-order valence-electron chi connectivity index (χ0n) is 11.5. The molecule has 0 aromatic rings. The second kappa shape index (κ2) is 4.38. The molecular weight excluding hydrogens is 232 g/mol. The molecule has 0 radical (unpaired) electrons. The monoisotopic (exact) mass is 256 g/mol. The minimum Gasteiger partial charge on any atom is -0.444 e. The minimum absolute atomic E-state index is 0.00446. The van der Waals surface area contributed by atoms with Crippen molar-refractivity contribution in [3.63, 3.8) is 0 Å². The van der Waals surface area contributed by atoms with Crippen LogP contribution in [0.4, 0.5) is 4.79 Å². The summed E-state index contributed by atoms with van der Waals surface area (Å²) in [6, 6.07) is 0. The number of carbonyl (C=O) groups is 1. The number of ether oxygens (including phenoxy) is 1. The van der Waals surface area contributed by atoms with Crippen LogP contribution in [0.5, 0.6) is 0 Å². The molecule has 5 nitrogen and oxygen atoms in total. The molecule has 0 aromatic carbocycles. The average Bonchev–Trinajstić information content (AvgIpc) is 2.48. The molecule has 1 saturated heterocycles. The zero-order chi connectivity index (χ0) is 13.6. The lowest BCUT2D eigenvalue weighted by molar-refractivity contribution is -0.00497. The number of hydrogen-bond acceptors (Lipinski definition) is 4. The number of hydrogen-bond donors (Lipinski definition) is 2. The summed E-state index contributed by atoms with van der Waals surface area (Å²) >= 11 is 0. The van der Waals surface area contributed by atoms with Crippen LogP contribution in [0.1, 0.15) is 33.6 Å². The highest BCUT2D eigenvalue weighted by Crippen LogP contribution is 2.43. The predicted molar refractivity (Wildman–Crippen MR) is 68.0 cm³/mol. The van der Waals surface area contributed by atoms with Gasteiger partial charge in [-0.15, -0.1) is 0 Å². The van der Waals surface area contributed by atoms with Crippen molar-refractivity contribution >= 4 is 6.09 Å². The van der Waals surface area contributed by atoms with Crippen LogP contribution in [-0.4, -0.2) is 46.9 Å². The Kier molecular flexibility index (Phi) is 3.32. The maximum atomic E-state index is 12.0. The first-order chi connectivity index (χ1) is 8.26. The normalized spacial score (nSPS) is 35.7. The number of amides is 1. The highest BCUT2D eigenvalue weighted by Gasteiger charge is 2.52. The van der Waals surface area contributed by atoms with Crippen LogP contribution in [0.3, 0.4) is 0 Å². The minimum atomic E-state index is -0.501. The van der Waals surface area contributed by atoms with E-state index in [2.05, 4.69) is 0 Å². The van der Waals surface area contributed by atoms with Crippen molar-refractivity contribution in [2.75, 3.05) is 19.7 Å². The Morgan fingerprint density at radius 2 is 1.89 bits per heavy atom. The van der Waals surface area contributed by atoms with E-state index in [4.69, 9.17) is 10.5 Å². The van der Waals surface area contributed by atoms with E-state index in [1.165, 1.54) is 0 Å². The highest BCUT2D eigenvalue weighted by atomic mass is 16.6. The van der Waals surface area contributed by atoms with Crippen LogP contribution in [0, 0.1) is 11.8 Å². The van der Waals surface area contributed by atoms with Gasteiger partial charge < -0.3 is 20.5 Å². The number of carbonyl (C=O) groups excluding carboxylic acids is 1. The van der Waals surface area contributed by atoms with Gasteiger partial charge in [0.1, 0.15) is 5.60 Å². The van der Waals surface area contributed by atoms with Gasteiger partial charge in [0.05, 0.1) is 6.61 Å². The molecule has 2 fully saturated rings. The molecule has 0 spiro atoms. The summed E-state index contributed by atoms with van der Waals surface area (Å²) in [7, 11) is 0. The van der Waals surface area contributed by atoms with Crippen LogP contribution < -0.4 is 5.73 Å². The number of piperidine rings is 1. The Morgan fingerprint density at radius 3 is 2.28 bits per heavy atom. The van der Waals surface area contributed by atoms with Gasteiger partial charge in [-0.3, -0.25) is 0 Å². The van der Waals surface area contributed by atoms with E-state index in [0.29, 0.717) is 13.1 Å². The number of aliphatic hydroxyl groups is 1.